The molecule has 2 aliphatic heterocycles. The Morgan fingerprint density at radius 2 is 2.03 bits per heavy atom. The van der Waals surface area contributed by atoms with E-state index in [2.05, 4.69) is 16.8 Å². The van der Waals surface area contributed by atoms with Gasteiger partial charge >= 0.3 is 11.9 Å². The minimum atomic E-state index is -4.47. The first-order chi connectivity index (χ1) is 18.1. The van der Waals surface area contributed by atoms with Gasteiger partial charge in [0.15, 0.2) is 5.58 Å². The van der Waals surface area contributed by atoms with Crippen LogP contribution in [0.25, 0.3) is 11.1 Å². The van der Waals surface area contributed by atoms with Crippen molar-refractivity contribution in [2.45, 2.75) is 44.6 Å². The molecule has 5 rings (SSSR count). The number of fused-ring (bicyclic) bond motifs is 2. The average Bonchev–Trinajstić information content (AvgIpc) is 3.44. The highest BCUT2D eigenvalue weighted by atomic mass is 19.4. The number of ether oxygens (including phenoxy) is 1. The maximum absolute atomic E-state index is 13.3. The van der Waals surface area contributed by atoms with Gasteiger partial charge < -0.3 is 13.9 Å². The van der Waals surface area contributed by atoms with Gasteiger partial charge in [-0.1, -0.05) is 6.07 Å². The molecule has 0 amide bonds. The van der Waals surface area contributed by atoms with Crippen molar-refractivity contribution in [3.05, 3.63) is 63.4 Å². The van der Waals surface area contributed by atoms with E-state index in [1.807, 2.05) is 17.0 Å². The number of halogens is 3. The molecule has 11 heteroatoms. The Morgan fingerprint density at radius 3 is 2.74 bits per heavy atom. The molecule has 0 radical (unpaired) electrons. The van der Waals surface area contributed by atoms with Gasteiger partial charge in [0.2, 0.25) is 0 Å². The molecular weight excluding hydrogens is 501 g/mol. The Hall–Kier alpha value is -3.02. The summed E-state index contributed by atoms with van der Waals surface area (Å²) in [4.78, 5) is 32.8. The van der Waals surface area contributed by atoms with E-state index in [0.717, 1.165) is 30.7 Å². The molecule has 0 aliphatic carbocycles. The largest absolute Gasteiger partial charge is 0.419 e. The van der Waals surface area contributed by atoms with Crippen molar-refractivity contribution in [3.63, 3.8) is 0 Å². The Morgan fingerprint density at radius 1 is 1.24 bits per heavy atom. The van der Waals surface area contributed by atoms with Gasteiger partial charge in [-0.25, -0.2) is 4.79 Å². The molecule has 4 heterocycles. The minimum Gasteiger partial charge on any atom is -0.408 e. The fourth-order valence-corrected chi connectivity index (χ4v) is 6.06. The highest BCUT2D eigenvalue weighted by molar-refractivity contribution is 5.73. The first kappa shape index (κ1) is 26.6. The van der Waals surface area contributed by atoms with E-state index < -0.39 is 29.0 Å². The molecule has 1 fully saturated rings. The minimum absolute atomic E-state index is 0.00365. The molecule has 3 atom stereocenters. The second kappa shape index (κ2) is 9.94. The van der Waals surface area contributed by atoms with E-state index in [-0.39, 0.29) is 12.6 Å². The molecule has 2 aliphatic rings. The lowest BCUT2D eigenvalue weighted by Crippen LogP contribution is -2.54. The van der Waals surface area contributed by atoms with Gasteiger partial charge in [0.1, 0.15) is 6.29 Å². The van der Waals surface area contributed by atoms with Crippen molar-refractivity contribution >= 4 is 17.4 Å². The normalized spacial score (nSPS) is 22.5. The van der Waals surface area contributed by atoms with E-state index in [0.29, 0.717) is 54.9 Å². The van der Waals surface area contributed by atoms with Gasteiger partial charge in [0, 0.05) is 63.6 Å². The van der Waals surface area contributed by atoms with Crippen molar-refractivity contribution in [1.82, 2.24) is 19.4 Å². The molecule has 8 nitrogen and oxygen atoms in total. The van der Waals surface area contributed by atoms with Crippen LogP contribution in [0.1, 0.15) is 41.8 Å². The molecule has 3 aromatic rings. The third kappa shape index (κ3) is 4.67. The second-order valence-electron chi connectivity index (χ2n) is 10.5. The Bertz CT molecular complexity index is 1400. The lowest BCUT2D eigenvalue weighted by Gasteiger charge is -2.43. The highest BCUT2D eigenvalue weighted by Crippen LogP contribution is 2.41. The third-order valence-corrected chi connectivity index (χ3v) is 8.24. The van der Waals surface area contributed by atoms with E-state index in [1.165, 1.54) is 4.57 Å². The van der Waals surface area contributed by atoms with Crippen LogP contribution in [-0.2, 0) is 35.7 Å². The highest BCUT2D eigenvalue weighted by Gasteiger charge is 2.48. The van der Waals surface area contributed by atoms with Gasteiger partial charge in [0.05, 0.1) is 23.7 Å². The van der Waals surface area contributed by atoms with Crippen molar-refractivity contribution in [1.29, 1.82) is 0 Å². The first-order valence-corrected chi connectivity index (χ1v) is 12.6. The van der Waals surface area contributed by atoms with Crippen molar-refractivity contribution in [2.75, 3.05) is 33.4 Å². The van der Waals surface area contributed by atoms with Crippen LogP contribution in [0.3, 0.4) is 0 Å². The molecule has 0 saturated carbocycles. The van der Waals surface area contributed by atoms with Crippen LogP contribution in [0.2, 0.25) is 0 Å². The Kier molecular flexibility index (Phi) is 6.95. The van der Waals surface area contributed by atoms with E-state index >= 15 is 0 Å². The number of rotatable bonds is 7. The van der Waals surface area contributed by atoms with Crippen molar-refractivity contribution in [2.24, 2.45) is 12.5 Å². The van der Waals surface area contributed by atoms with E-state index in [4.69, 9.17) is 9.15 Å². The predicted molar refractivity (Wildman–Crippen MR) is 134 cm³/mol. The van der Waals surface area contributed by atoms with Crippen LogP contribution in [-0.4, -0.2) is 65.0 Å². The number of methoxy groups -OCH3 is 1. The number of aryl methyl sites for hydroxylation is 1. The number of benzene rings is 1. The van der Waals surface area contributed by atoms with Crippen molar-refractivity contribution in [3.8, 4) is 0 Å². The number of nitrogens with zero attached hydrogens (tertiary/aromatic N) is 4. The number of pyridine rings is 1. The number of alkyl halides is 3. The Labute approximate surface area is 218 Å². The summed E-state index contributed by atoms with van der Waals surface area (Å²) in [5.74, 6) is -0.417. The topological polar surface area (TPSA) is 80.8 Å². The molecular formula is C27H31F3N4O4. The summed E-state index contributed by atoms with van der Waals surface area (Å²) in [6, 6.07) is 6.31. The van der Waals surface area contributed by atoms with Crippen LogP contribution in [0.15, 0.2) is 39.7 Å². The summed E-state index contributed by atoms with van der Waals surface area (Å²) in [5, 5.41) is 0. The molecule has 38 heavy (non-hydrogen) atoms. The van der Waals surface area contributed by atoms with Gasteiger partial charge in [-0.15, -0.1) is 0 Å². The number of aldehydes is 1. The number of oxazole rings is 1. The maximum atomic E-state index is 13.3. The molecule has 3 unspecified atom stereocenters. The average molecular weight is 533 g/mol. The zero-order valence-electron chi connectivity index (χ0n) is 21.6. The third-order valence-electron chi connectivity index (χ3n) is 8.24. The van der Waals surface area contributed by atoms with Gasteiger partial charge in [-0.05, 0) is 49.2 Å². The molecule has 1 aromatic carbocycles. The van der Waals surface area contributed by atoms with Crippen LogP contribution >= 0.6 is 0 Å². The molecule has 0 bridgehead atoms. The lowest BCUT2D eigenvalue weighted by atomic mass is 9.79. The quantitative estimate of drug-likeness (QED) is 0.431. The van der Waals surface area contributed by atoms with Gasteiger partial charge in [0.25, 0.3) is 0 Å². The standard InChI is InChI=1S/C27H31F3N4O4/c1-17(18-4-5-23-22(11-18)32(2)25(36)38-23)34-9-7-26(15-34,16-37-3)24(14-35)33-8-6-21-19(13-33)10-20(12-31-21)27(28,29)30/h4-5,10-12,14,17,24H,6-9,13,15-16H2,1-3H3. The van der Waals surface area contributed by atoms with E-state index in [9.17, 15) is 22.8 Å². The summed E-state index contributed by atoms with van der Waals surface area (Å²) in [6.07, 6.45) is -1.49. The number of carbonyl (C=O) groups excluding carboxylic acids is 1. The van der Waals surface area contributed by atoms with Crippen LogP contribution in [0.4, 0.5) is 13.2 Å². The number of likely N-dealkylation sites (tertiary alicyclic amines) is 1. The summed E-state index contributed by atoms with van der Waals surface area (Å²) < 4.78 is 52.3. The molecule has 0 N–H and O–H groups in total. The maximum Gasteiger partial charge on any atom is 0.419 e. The molecule has 2 aromatic heterocycles. The summed E-state index contributed by atoms with van der Waals surface area (Å²) in [5.41, 5.74) is 2.11. The lowest BCUT2D eigenvalue weighted by molar-refractivity contribution is -0.138. The summed E-state index contributed by atoms with van der Waals surface area (Å²) in [7, 11) is 3.27. The fourth-order valence-electron chi connectivity index (χ4n) is 6.06. The first-order valence-electron chi connectivity index (χ1n) is 12.6. The number of hydrogen-bond donors (Lipinski definition) is 0. The molecule has 204 valence electrons. The predicted octanol–water partition coefficient (Wildman–Crippen LogP) is 3.57. The number of aromatic nitrogens is 2. The molecule has 0 spiro atoms. The van der Waals surface area contributed by atoms with Gasteiger partial charge in [-0.2, -0.15) is 13.2 Å². The zero-order chi connectivity index (χ0) is 27.2. The second-order valence-corrected chi connectivity index (χ2v) is 10.5. The van der Waals surface area contributed by atoms with Crippen LogP contribution < -0.4 is 5.76 Å². The summed E-state index contributed by atoms with van der Waals surface area (Å²) >= 11 is 0. The van der Waals surface area contributed by atoms with Crippen LogP contribution in [0, 0.1) is 5.41 Å². The number of carbonyl (C=O) groups is 1. The monoisotopic (exact) mass is 532 g/mol. The van der Waals surface area contributed by atoms with E-state index in [1.54, 1.807) is 20.2 Å². The zero-order valence-corrected chi connectivity index (χ0v) is 21.6. The van der Waals surface area contributed by atoms with Crippen molar-refractivity contribution < 1.29 is 27.1 Å². The smallest absolute Gasteiger partial charge is 0.408 e. The van der Waals surface area contributed by atoms with Gasteiger partial charge in [-0.3, -0.25) is 19.4 Å². The van der Waals surface area contributed by atoms with Crippen LogP contribution in [0.5, 0.6) is 0 Å². The Balaban J connectivity index is 1.39. The fraction of sp³-hybridized carbons (Fsp3) is 0.519. The number of hydrogen-bond acceptors (Lipinski definition) is 7. The molecule has 1 saturated heterocycles. The SMILES string of the molecule is COCC1(C(C=O)N2CCc3ncc(C(F)(F)F)cc3C2)CCN(C(C)c2ccc3oc(=O)n(C)c3c2)C1. The summed E-state index contributed by atoms with van der Waals surface area (Å²) in [6.45, 7) is 4.49.